The molecule has 5 nitrogen and oxygen atoms in total. The minimum absolute atomic E-state index is 0.00449. The number of nitrogens with zero attached hydrogens (tertiary/aromatic N) is 1. The summed E-state index contributed by atoms with van der Waals surface area (Å²) >= 11 is 0. The van der Waals surface area contributed by atoms with Crippen LogP contribution in [0.2, 0.25) is 0 Å². The molecule has 0 aromatic carbocycles. The predicted octanol–water partition coefficient (Wildman–Crippen LogP) is 0.474. The SMILES string of the molecule is CC(C)CN(CC(N)=O)C(=O)C[C@@H]1CCC[C@H]1N. The number of primary amides is 1. The van der Waals surface area contributed by atoms with Crippen molar-refractivity contribution in [3.8, 4) is 0 Å². The van der Waals surface area contributed by atoms with Gasteiger partial charge >= 0.3 is 0 Å². The molecule has 0 saturated heterocycles. The third-order valence-electron chi connectivity index (χ3n) is 3.44. The van der Waals surface area contributed by atoms with Crippen LogP contribution in [0.15, 0.2) is 0 Å². The minimum atomic E-state index is -0.459. The van der Waals surface area contributed by atoms with Crippen LogP contribution in [0.25, 0.3) is 0 Å². The van der Waals surface area contributed by atoms with Crippen molar-refractivity contribution in [2.45, 2.75) is 45.6 Å². The Morgan fingerprint density at radius 1 is 1.33 bits per heavy atom. The van der Waals surface area contributed by atoms with Crippen LogP contribution in [-0.2, 0) is 9.59 Å². The second-order valence-corrected chi connectivity index (χ2v) is 5.69. The van der Waals surface area contributed by atoms with E-state index in [1.54, 1.807) is 4.90 Å². The summed E-state index contributed by atoms with van der Waals surface area (Å²) in [4.78, 5) is 24.7. The van der Waals surface area contributed by atoms with E-state index in [4.69, 9.17) is 11.5 Å². The largest absolute Gasteiger partial charge is 0.368 e. The predicted molar refractivity (Wildman–Crippen MR) is 70.5 cm³/mol. The Bertz CT molecular complexity index is 305. The van der Waals surface area contributed by atoms with E-state index < -0.39 is 5.91 Å². The molecule has 0 bridgehead atoms. The molecule has 1 fully saturated rings. The highest BCUT2D eigenvalue weighted by molar-refractivity contribution is 5.84. The minimum Gasteiger partial charge on any atom is -0.368 e. The molecule has 104 valence electrons. The van der Waals surface area contributed by atoms with Crippen molar-refractivity contribution in [3.63, 3.8) is 0 Å². The standard InChI is InChI=1S/C13H25N3O2/c1-9(2)7-16(8-12(15)17)13(18)6-10-4-3-5-11(10)14/h9-11H,3-8,14H2,1-2H3,(H2,15,17)/t10-,11+/m0/s1. The third-order valence-corrected chi connectivity index (χ3v) is 3.44. The smallest absolute Gasteiger partial charge is 0.237 e. The summed E-state index contributed by atoms with van der Waals surface area (Å²) in [5.74, 6) is 0.134. The number of rotatable bonds is 6. The first-order chi connectivity index (χ1) is 8.40. The average molecular weight is 255 g/mol. The van der Waals surface area contributed by atoms with Crippen molar-refractivity contribution in [1.82, 2.24) is 4.90 Å². The van der Waals surface area contributed by atoms with Gasteiger partial charge in [0.25, 0.3) is 0 Å². The molecule has 2 amide bonds. The molecule has 1 aliphatic rings. The summed E-state index contributed by atoms with van der Waals surface area (Å²) in [6, 6.07) is 0.128. The van der Waals surface area contributed by atoms with Crippen LogP contribution in [0, 0.1) is 11.8 Å². The highest BCUT2D eigenvalue weighted by Crippen LogP contribution is 2.27. The Balaban J connectivity index is 2.54. The van der Waals surface area contributed by atoms with Gasteiger partial charge in [0.15, 0.2) is 0 Å². The van der Waals surface area contributed by atoms with Gasteiger partial charge in [-0.1, -0.05) is 20.3 Å². The zero-order valence-corrected chi connectivity index (χ0v) is 11.4. The lowest BCUT2D eigenvalue weighted by Crippen LogP contribution is -2.42. The van der Waals surface area contributed by atoms with Gasteiger partial charge in [0.05, 0.1) is 6.54 Å². The molecule has 18 heavy (non-hydrogen) atoms. The van der Waals surface area contributed by atoms with Crippen LogP contribution in [-0.4, -0.2) is 35.8 Å². The third kappa shape index (κ3) is 4.64. The van der Waals surface area contributed by atoms with Gasteiger partial charge in [-0.2, -0.15) is 0 Å². The first kappa shape index (κ1) is 15.0. The lowest BCUT2D eigenvalue weighted by atomic mass is 9.99. The Morgan fingerprint density at radius 2 is 2.00 bits per heavy atom. The van der Waals surface area contributed by atoms with Crippen LogP contribution in [0.3, 0.4) is 0 Å². The lowest BCUT2D eigenvalue weighted by Gasteiger charge is -2.25. The van der Waals surface area contributed by atoms with Crippen molar-refractivity contribution in [3.05, 3.63) is 0 Å². The summed E-state index contributed by atoms with van der Waals surface area (Å²) in [6.07, 6.45) is 3.55. The van der Waals surface area contributed by atoms with Crippen LogP contribution in [0.5, 0.6) is 0 Å². The summed E-state index contributed by atoms with van der Waals surface area (Å²) in [5, 5.41) is 0. The summed E-state index contributed by atoms with van der Waals surface area (Å²) in [7, 11) is 0. The number of nitrogens with two attached hydrogens (primary N) is 2. The normalized spacial score (nSPS) is 23.3. The fraction of sp³-hybridized carbons (Fsp3) is 0.846. The maximum atomic E-state index is 12.2. The maximum Gasteiger partial charge on any atom is 0.237 e. The number of carbonyl (C=O) groups is 2. The molecule has 0 unspecified atom stereocenters. The molecule has 0 aromatic rings. The molecule has 2 atom stereocenters. The quantitative estimate of drug-likeness (QED) is 0.723. The summed E-state index contributed by atoms with van der Waals surface area (Å²) in [6.45, 7) is 4.62. The Labute approximate surface area is 109 Å². The van der Waals surface area contributed by atoms with Gasteiger partial charge in [-0.25, -0.2) is 0 Å². The Kier molecular flexibility index (Phi) is 5.59. The molecule has 0 spiro atoms. The molecule has 1 saturated carbocycles. The molecular weight excluding hydrogens is 230 g/mol. The molecule has 0 heterocycles. The fourth-order valence-corrected chi connectivity index (χ4v) is 2.56. The zero-order valence-electron chi connectivity index (χ0n) is 11.4. The van der Waals surface area contributed by atoms with E-state index in [1.165, 1.54) is 0 Å². The van der Waals surface area contributed by atoms with Crippen LogP contribution < -0.4 is 11.5 Å². The van der Waals surface area contributed by atoms with Crippen molar-refractivity contribution in [1.29, 1.82) is 0 Å². The van der Waals surface area contributed by atoms with Gasteiger partial charge in [-0.05, 0) is 24.7 Å². The van der Waals surface area contributed by atoms with E-state index in [-0.39, 0.29) is 24.4 Å². The number of hydrogen-bond donors (Lipinski definition) is 2. The molecule has 4 N–H and O–H groups in total. The topological polar surface area (TPSA) is 89.4 Å². The van der Waals surface area contributed by atoms with Crippen molar-refractivity contribution in [2.24, 2.45) is 23.3 Å². The van der Waals surface area contributed by atoms with E-state index >= 15 is 0 Å². The average Bonchev–Trinajstić information content (AvgIpc) is 2.62. The van der Waals surface area contributed by atoms with Crippen LogP contribution in [0.1, 0.15) is 39.5 Å². The van der Waals surface area contributed by atoms with Crippen LogP contribution >= 0.6 is 0 Å². The number of amides is 2. The van der Waals surface area contributed by atoms with Gasteiger partial charge in [-0.15, -0.1) is 0 Å². The first-order valence-electron chi connectivity index (χ1n) is 6.71. The van der Waals surface area contributed by atoms with Gasteiger partial charge in [0.2, 0.25) is 11.8 Å². The van der Waals surface area contributed by atoms with E-state index in [0.717, 1.165) is 19.3 Å². The molecule has 5 heteroatoms. The maximum absolute atomic E-state index is 12.2. The van der Waals surface area contributed by atoms with Gasteiger partial charge in [0.1, 0.15) is 0 Å². The Morgan fingerprint density at radius 3 is 2.44 bits per heavy atom. The zero-order chi connectivity index (χ0) is 13.7. The molecule has 0 radical (unpaired) electrons. The second-order valence-electron chi connectivity index (χ2n) is 5.69. The number of hydrogen-bond acceptors (Lipinski definition) is 3. The van der Waals surface area contributed by atoms with E-state index in [2.05, 4.69) is 0 Å². The van der Waals surface area contributed by atoms with E-state index in [1.807, 2.05) is 13.8 Å². The van der Waals surface area contributed by atoms with Gasteiger partial charge in [-0.3, -0.25) is 9.59 Å². The van der Waals surface area contributed by atoms with Crippen LogP contribution in [0.4, 0.5) is 0 Å². The van der Waals surface area contributed by atoms with E-state index in [0.29, 0.717) is 18.9 Å². The highest BCUT2D eigenvalue weighted by atomic mass is 16.2. The fourth-order valence-electron chi connectivity index (χ4n) is 2.56. The van der Waals surface area contributed by atoms with Gasteiger partial charge in [0, 0.05) is 19.0 Å². The first-order valence-corrected chi connectivity index (χ1v) is 6.71. The van der Waals surface area contributed by atoms with Crippen molar-refractivity contribution in [2.75, 3.05) is 13.1 Å². The van der Waals surface area contributed by atoms with Crippen molar-refractivity contribution >= 4 is 11.8 Å². The summed E-state index contributed by atoms with van der Waals surface area (Å²) < 4.78 is 0. The number of carbonyl (C=O) groups excluding carboxylic acids is 2. The monoisotopic (exact) mass is 255 g/mol. The Hall–Kier alpha value is -1.10. The molecule has 0 aromatic heterocycles. The van der Waals surface area contributed by atoms with Crippen molar-refractivity contribution < 1.29 is 9.59 Å². The lowest BCUT2D eigenvalue weighted by molar-refractivity contribution is -0.136. The second kappa shape index (κ2) is 6.73. The molecule has 1 aliphatic carbocycles. The highest BCUT2D eigenvalue weighted by Gasteiger charge is 2.28. The molecular formula is C13H25N3O2. The molecule has 1 rings (SSSR count). The molecule has 0 aliphatic heterocycles. The summed E-state index contributed by atoms with van der Waals surface area (Å²) in [5.41, 5.74) is 11.2. The van der Waals surface area contributed by atoms with E-state index in [9.17, 15) is 9.59 Å². The van der Waals surface area contributed by atoms with Gasteiger partial charge < -0.3 is 16.4 Å².